The Morgan fingerprint density at radius 3 is 1.17 bits per heavy atom. The molecular weight excluding hydrogens is 475 g/mol. The first-order chi connectivity index (χ1) is 17.0. The zero-order valence-electron chi connectivity index (χ0n) is 23.1. The fourth-order valence-electron chi connectivity index (χ4n) is 5.36. The van der Waals surface area contributed by atoms with Crippen molar-refractivity contribution in [2.75, 3.05) is 0 Å². The summed E-state index contributed by atoms with van der Waals surface area (Å²) in [7, 11) is -4.20. The third-order valence-corrected chi connectivity index (χ3v) is 9.29. The quantitative estimate of drug-likeness (QED) is 0.0819. The van der Waals surface area contributed by atoms with Gasteiger partial charge in [-0.2, -0.15) is 8.42 Å². The maximum atomic E-state index is 12.8. The zero-order valence-corrected chi connectivity index (χ0v) is 23.9. The van der Waals surface area contributed by atoms with Gasteiger partial charge in [-0.3, -0.25) is 4.55 Å². The Morgan fingerprint density at radius 2 is 0.861 bits per heavy atom. The van der Waals surface area contributed by atoms with Gasteiger partial charge >= 0.3 is 29.6 Å². The topological polar surface area (TPSA) is 54.4 Å². The second kappa shape index (κ2) is 23.1. The molecule has 0 aliphatic rings. The van der Waals surface area contributed by atoms with Gasteiger partial charge in [-0.15, -0.1) is 0 Å². The molecule has 36 heavy (non-hydrogen) atoms. The van der Waals surface area contributed by atoms with E-state index >= 15 is 0 Å². The molecule has 0 unspecified atom stereocenters. The summed E-state index contributed by atoms with van der Waals surface area (Å²) in [5.41, 5.74) is 0.759. The van der Waals surface area contributed by atoms with Crippen LogP contribution >= 0.6 is 0 Å². The Bertz CT molecular complexity index is 682. The molecule has 0 radical (unpaired) electrons. The fourth-order valence-corrected chi connectivity index (χ4v) is 6.60. The zero-order chi connectivity index (χ0) is 25.7. The molecule has 0 amide bonds. The van der Waals surface area contributed by atoms with Crippen molar-refractivity contribution in [1.29, 1.82) is 0 Å². The minimum atomic E-state index is -4.20. The van der Waals surface area contributed by atoms with Crippen LogP contribution in [-0.4, -0.2) is 42.5 Å². The van der Waals surface area contributed by atoms with Crippen LogP contribution in [0.25, 0.3) is 0 Å². The third-order valence-electron chi connectivity index (χ3n) is 7.66. The molecule has 1 rings (SSSR count). The van der Waals surface area contributed by atoms with E-state index in [1.54, 1.807) is 0 Å². The van der Waals surface area contributed by atoms with Crippen LogP contribution in [0.5, 0.6) is 0 Å². The molecule has 1 N–H and O–H groups in total. The molecule has 206 valence electrons. The summed E-state index contributed by atoms with van der Waals surface area (Å²) in [4.78, 5) is 0. The summed E-state index contributed by atoms with van der Waals surface area (Å²) in [6.07, 6.45) is 25.4. The Morgan fingerprint density at radius 1 is 0.556 bits per heavy atom. The number of hydrogen-bond donors (Lipinski definition) is 1. The molecule has 0 saturated carbocycles. The number of unbranched alkanes of at least 4 members (excludes halogenated alkanes) is 18. The van der Waals surface area contributed by atoms with E-state index in [-0.39, 0.29) is 29.6 Å². The number of benzene rings is 1. The van der Waals surface area contributed by atoms with E-state index in [4.69, 9.17) is 0 Å². The van der Waals surface area contributed by atoms with Gasteiger partial charge in [0.25, 0.3) is 10.1 Å². The van der Waals surface area contributed by atoms with Crippen LogP contribution in [0.3, 0.4) is 0 Å². The molecule has 1 aromatic rings. The van der Waals surface area contributed by atoms with Gasteiger partial charge in [-0.05, 0) is 18.4 Å². The maximum absolute atomic E-state index is 12.8. The normalized spacial score (nSPS) is 12.0. The summed E-state index contributed by atoms with van der Waals surface area (Å²) in [5, 5.41) is 0. The van der Waals surface area contributed by atoms with E-state index in [2.05, 4.69) is 13.8 Å². The fraction of sp³-hybridized carbons (Fsp3) is 0.806. The predicted octanol–water partition coefficient (Wildman–Crippen LogP) is 9.74. The van der Waals surface area contributed by atoms with Crippen molar-refractivity contribution < 1.29 is 13.0 Å². The van der Waals surface area contributed by atoms with Crippen molar-refractivity contribution in [1.82, 2.24) is 0 Å². The molecule has 0 fully saturated rings. The van der Waals surface area contributed by atoms with Crippen LogP contribution in [0.1, 0.15) is 161 Å². The Kier molecular flexibility index (Phi) is 23.1. The van der Waals surface area contributed by atoms with Crippen LogP contribution in [0, 0.1) is 0 Å². The van der Waals surface area contributed by atoms with E-state index in [0.29, 0.717) is 12.8 Å². The van der Waals surface area contributed by atoms with Gasteiger partial charge in [0, 0.05) is 0 Å². The van der Waals surface area contributed by atoms with Gasteiger partial charge in [-0.25, -0.2) is 0 Å². The van der Waals surface area contributed by atoms with E-state index < -0.39 is 14.9 Å². The van der Waals surface area contributed by atoms with Gasteiger partial charge in [0.1, 0.15) is 4.75 Å². The second-order valence-corrected chi connectivity index (χ2v) is 12.4. The summed E-state index contributed by atoms with van der Waals surface area (Å²) in [6.45, 7) is 4.50. The molecule has 0 aromatic heterocycles. The predicted molar refractivity (Wildman–Crippen MR) is 160 cm³/mol. The van der Waals surface area contributed by atoms with Crippen molar-refractivity contribution in [2.45, 2.75) is 160 Å². The molecule has 5 heteroatoms. The summed E-state index contributed by atoms with van der Waals surface area (Å²) >= 11 is 0. The van der Waals surface area contributed by atoms with E-state index in [9.17, 15) is 13.0 Å². The van der Waals surface area contributed by atoms with E-state index in [1.807, 2.05) is 30.3 Å². The standard InChI is InChI=1S/C31H56O3S.Na.H/c1-3-5-7-9-11-13-15-17-19-24-28-31(35(32,33)34,30-26-22-21-23-27-30)29-25-20-18-16-14-12-10-8-6-4-2;;/h21-23,26-27H,3-20,24-25,28-29H2,1-2H3,(H,32,33,34);;. The average molecular weight is 533 g/mol. The van der Waals surface area contributed by atoms with Crippen molar-refractivity contribution in [2.24, 2.45) is 0 Å². The van der Waals surface area contributed by atoms with Crippen LogP contribution in [0.15, 0.2) is 30.3 Å². The summed E-state index contributed by atoms with van der Waals surface area (Å²) in [5.74, 6) is 0. The van der Waals surface area contributed by atoms with Gasteiger partial charge < -0.3 is 0 Å². The molecule has 0 aliphatic carbocycles. The molecule has 0 atom stereocenters. The molecular formula is C31H57NaO3S. The first kappa shape index (κ1) is 36.1. The van der Waals surface area contributed by atoms with Crippen molar-refractivity contribution >= 4 is 39.7 Å². The molecule has 0 saturated heterocycles. The number of rotatable bonds is 24. The average Bonchev–Trinajstić information content (AvgIpc) is 2.84. The van der Waals surface area contributed by atoms with Gasteiger partial charge in [0.2, 0.25) is 0 Å². The SMILES string of the molecule is CCCCCCCCCCCCC(CCCCCCCCCCCC)(c1ccccc1)S(=O)(=O)O.[NaH]. The minimum absolute atomic E-state index is 0. The molecule has 3 nitrogen and oxygen atoms in total. The summed E-state index contributed by atoms with van der Waals surface area (Å²) < 4.78 is 34.9. The van der Waals surface area contributed by atoms with Crippen LogP contribution in [-0.2, 0) is 14.9 Å². The Balaban J connectivity index is 0.0000122. The first-order valence-electron chi connectivity index (χ1n) is 15.0. The first-order valence-corrected chi connectivity index (χ1v) is 16.4. The second-order valence-electron chi connectivity index (χ2n) is 10.7. The van der Waals surface area contributed by atoms with Gasteiger partial charge in [0.15, 0.2) is 0 Å². The van der Waals surface area contributed by atoms with Gasteiger partial charge in [0.05, 0.1) is 0 Å². The molecule has 1 aromatic carbocycles. The van der Waals surface area contributed by atoms with Crippen molar-refractivity contribution in [3.05, 3.63) is 35.9 Å². The van der Waals surface area contributed by atoms with E-state index in [1.165, 1.54) is 89.9 Å². The van der Waals surface area contributed by atoms with Crippen molar-refractivity contribution in [3.8, 4) is 0 Å². The Labute approximate surface area is 247 Å². The molecule has 0 aliphatic heterocycles. The van der Waals surface area contributed by atoms with Crippen molar-refractivity contribution in [3.63, 3.8) is 0 Å². The van der Waals surface area contributed by atoms with Crippen LogP contribution < -0.4 is 0 Å². The molecule has 0 bridgehead atoms. The van der Waals surface area contributed by atoms with Crippen LogP contribution in [0.4, 0.5) is 0 Å². The van der Waals surface area contributed by atoms with Crippen LogP contribution in [0.2, 0.25) is 0 Å². The molecule has 0 heterocycles. The van der Waals surface area contributed by atoms with E-state index in [0.717, 1.165) is 44.1 Å². The number of hydrogen-bond acceptors (Lipinski definition) is 2. The van der Waals surface area contributed by atoms with Gasteiger partial charge in [-0.1, -0.05) is 173 Å². The summed E-state index contributed by atoms with van der Waals surface area (Å²) in [6, 6.07) is 9.48. The third kappa shape index (κ3) is 15.5. The molecule has 0 spiro atoms. The Hall–Kier alpha value is 0.130. The monoisotopic (exact) mass is 532 g/mol.